The van der Waals surface area contributed by atoms with Gasteiger partial charge in [0.1, 0.15) is 17.6 Å². The average molecular weight is 254 g/mol. The third kappa shape index (κ3) is 2.10. The molecular formula is C14H14N4O. The molecule has 0 radical (unpaired) electrons. The lowest BCUT2D eigenvalue weighted by Gasteiger charge is -2.07. The summed E-state index contributed by atoms with van der Waals surface area (Å²) in [6, 6.07) is 9.27. The Kier molecular flexibility index (Phi) is 2.79. The third-order valence-electron chi connectivity index (χ3n) is 2.98. The van der Waals surface area contributed by atoms with Gasteiger partial charge in [0.2, 0.25) is 5.88 Å². The van der Waals surface area contributed by atoms with Gasteiger partial charge in [0, 0.05) is 11.9 Å². The van der Waals surface area contributed by atoms with E-state index in [2.05, 4.69) is 17.0 Å². The number of aromatic nitrogens is 3. The lowest BCUT2D eigenvalue weighted by molar-refractivity contribution is 0.463. The first-order valence-corrected chi connectivity index (χ1v) is 6.12. The second-order valence-corrected chi connectivity index (χ2v) is 4.22. The number of nitrogens with zero attached hydrogens (tertiary/aromatic N) is 3. The van der Waals surface area contributed by atoms with Crippen molar-refractivity contribution in [2.45, 2.75) is 13.3 Å². The molecule has 0 spiro atoms. The number of aryl methyl sites for hydroxylation is 1. The lowest BCUT2D eigenvalue weighted by atomic mass is 10.2. The van der Waals surface area contributed by atoms with Gasteiger partial charge in [0.25, 0.3) is 0 Å². The molecule has 3 aromatic rings. The number of rotatable bonds is 3. The molecule has 0 aliphatic heterocycles. The van der Waals surface area contributed by atoms with Crippen molar-refractivity contribution in [2.24, 2.45) is 0 Å². The van der Waals surface area contributed by atoms with Gasteiger partial charge in [-0.1, -0.05) is 6.92 Å². The molecule has 0 unspecified atom stereocenters. The zero-order chi connectivity index (χ0) is 13.2. The zero-order valence-corrected chi connectivity index (χ0v) is 10.6. The lowest BCUT2D eigenvalue weighted by Crippen LogP contribution is -1.97. The fourth-order valence-electron chi connectivity index (χ4n) is 2.00. The number of ether oxygens (including phenoxy) is 1. The molecule has 0 saturated heterocycles. The van der Waals surface area contributed by atoms with Gasteiger partial charge in [-0.25, -0.2) is 4.52 Å². The van der Waals surface area contributed by atoms with E-state index in [1.807, 2.05) is 24.4 Å². The maximum atomic E-state index is 5.82. The molecule has 5 heteroatoms. The molecular weight excluding hydrogens is 240 g/mol. The summed E-state index contributed by atoms with van der Waals surface area (Å²) < 4.78 is 7.60. The molecule has 5 nitrogen and oxygen atoms in total. The van der Waals surface area contributed by atoms with Gasteiger partial charge in [0.05, 0.1) is 0 Å². The van der Waals surface area contributed by atoms with Crippen LogP contribution >= 0.6 is 0 Å². The summed E-state index contributed by atoms with van der Waals surface area (Å²) >= 11 is 0. The fraction of sp³-hybridized carbons (Fsp3) is 0.143. The highest BCUT2D eigenvalue weighted by atomic mass is 16.5. The standard InChI is InChI=1S/C14H14N4O/c1-2-10-7-8-18-13(10)14(16-9-17-18)19-12-5-3-11(15)4-6-12/h3-9H,2,15H2,1H3. The molecule has 2 heterocycles. The summed E-state index contributed by atoms with van der Waals surface area (Å²) in [4.78, 5) is 4.22. The van der Waals surface area contributed by atoms with E-state index in [9.17, 15) is 0 Å². The van der Waals surface area contributed by atoms with E-state index < -0.39 is 0 Å². The highest BCUT2D eigenvalue weighted by molar-refractivity contribution is 5.63. The van der Waals surface area contributed by atoms with Crippen LogP contribution in [0.1, 0.15) is 12.5 Å². The number of fused-ring (bicyclic) bond motifs is 1. The van der Waals surface area contributed by atoms with Crippen LogP contribution in [0.15, 0.2) is 42.9 Å². The van der Waals surface area contributed by atoms with Gasteiger partial charge >= 0.3 is 0 Å². The van der Waals surface area contributed by atoms with Crippen molar-refractivity contribution in [1.82, 2.24) is 14.6 Å². The molecule has 0 bridgehead atoms. The molecule has 2 aromatic heterocycles. The summed E-state index contributed by atoms with van der Waals surface area (Å²) in [6.07, 6.45) is 4.30. The molecule has 3 rings (SSSR count). The van der Waals surface area contributed by atoms with Gasteiger partial charge in [-0.3, -0.25) is 0 Å². The zero-order valence-electron chi connectivity index (χ0n) is 10.6. The molecule has 19 heavy (non-hydrogen) atoms. The quantitative estimate of drug-likeness (QED) is 0.730. The van der Waals surface area contributed by atoms with Gasteiger partial charge < -0.3 is 10.5 Å². The Morgan fingerprint density at radius 1 is 1.21 bits per heavy atom. The molecule has 0 saturated carbocycles. The minimum atomic E-state index is 0.557. The van der Waals surface area contributed by atoms with Crippen LogP contribution in [0.5, 0.6) is 11.6 Å². The van der Waals surface area contributed by atoms with Crippen LogP contribution in [-0.2, 0) is 6.42 Å². The first kappa shape index (κ1) is 11.5. The van der Waals surface area contributed by atoms with Crippen LogP contribution in [0.3, 0.4) is 0 Å². The van der Waals surface area contributed by atoms with Gasteiger partial charge in [0.15, 0.2) is 0 Å². The minimum Gasteiger partial charge on any atom is -0.437 e. The second-order valence-electron chi connectivity index (χ2n) is 4.22. The van der Waals surface area contributed by atoms with E-state index in [1.54, 1.807) is 16.6 Å². The molecule has 1 aromatic carbocycles. The number of benzene rings is 1. The first-order chi connectivity index (χ1) is 9.28. The van der Waals surface area contributed by atoms with Crippen LogP contribution in [0.4, 0.5) is 5.69 Å². The summed E-state index contributed by atoms with van der Waals surface area (Å²) in [5.74, 6) is 1.26. The van der Waals surface area contributed by atoms with Crippen molar-refractivity contribution in [2.75, 3.05) is 5.73 Å². The number of nitrogen functional groups attached to an aromatic ring is 1. The third-order valence-corrected chi connectivity index (χ3v) is 2.98. The van der Waals surface area contributed by atoms with Crippen molar-refractivity contribution in [3.8, 4) is 11.6 Å². The van der Waals surface area contributed by atoms with Crippen molar-refractivity contribution in [1.29, 1.82) is 0 Å². The van der Waals surface area contributed by atoms with Crippen LogP contribution in [0, 0.1) is 0 Å². The normalized spacial score (nSPS) is 10.8. The molecule has 0 atom stereocenters. The van der Waals surface area contributed by atoms with E-state index in [0.717, 1.165) is 17.5 Å². The maximum Gasteiger partial charge on any atom is 0.247 e. The van der Waals surface area contributed by atoms with Crippen molar-refractivity contribution >= 4 is 11.2 Å². The molecule has 96 valence electrons. The first-order valence-electron chi connectivity index (χ1n) is 6.12. The van der Waals surface area contributed by atoms with Gasteiger partial charge in [-0.2, -0.15) is 10.1 Å². The van der Waals surface area contributed by atoms with Crippen LogP contribution in [0.25, 0.3) is 5.52 Å². The van der Waals surface area contributed by atoms with Crippen molar-refractivity contribution in [3.63, 3.8) is 0 Å². The predicted molar refractivity (Wildman–Crippen MR) is 73.3 cm³/mol. The van der Waals surface area contributed by atoms with E-state index >= 15 is 0 Å². The molecule has 0 fully saturated rings. The molecule has 0 amide bonds. The molecule has 0 aliphatic carbocycles. The smallest absolute Gasteiger partial charge is 0.247 e. The Balaban J connectivity index is 2.04. The van der Waals surface area contributed by atoms with Crippen molar-refractivity contribution < 1.29 is 4.74 Å². The molecule has 0 aliphatic rings. The van der Waals surface area contributed by atoms with E-state index in [0.29, 0.717) is 17.3 Å². The monoisotopic (exact) mass is 254 g/mol. The number of hydrogen-bond acceptors (Lipinski definition) is 4. The van der Waals surface area contributed by atoms with Crippen LogP contribution in [-0.4, -0.2) is 14.6 Å². The summed E-state index contributed by atoms with van der Waals surface area (Å²) in [5.41, 5.74) is 8.42. The Morgan fingerprint density at radius 2 is 2.00 bits per heavy atom. The largest absolute Gasteiger partial charge is 0.437 e. The summed E-state index contributed by atoms with van der Waals surface area (Å²) in [5, 5.41) is 4.17. The SMILES string of the molecule is CCc1ccn2ncnc(Oc3ccc(N)cc3)c12. The fourth-order valence-corrected chi connectivity index (χ4v) is 2.00. The Hall–Kier alpha value is -2.56. The second kappa shape index (κ2) is 4.61. The highest BCUT2D eigenvalue weighted by Crippen LogP contribution is 2.26. The number of nitrogens with two attached hydrogens (primary N) is 1. The maximum absolute atomic E-state index is 5.82. The summed E-state index contributed by atoms with van der Waals surface area (Å²) in [7, 11) is 0. The predicted octanol–water partition coefficient (Wildman–Crippen LogP) is 2.67. The number of hydrogen-bond donors (Lipinski definition) is 1. The summed E-state index contributed by atoms with van der Waals surface area (Å²) in [6.45, 7) is 2.09. The molecule has 2 N–H and O–H groups in total. The Morgan fingerprint density at radius 3 is 2.74 bits per heavy atom. The van der Waals surface area contributed by atoms with Crippen LogP contribution in [0.2, 0.25) is 0 Å². The highest BCUT2D eigenvalue weighted by Gasteiger charge is 2.10. The topological polar surface area (TPSA) is 65.4 Å². The van der Waals surface area contributed by atoms with E-state index in [1.165, 1.54) is 6.33 Å². The van der Waals surface area contributed by atoms with E-state index in [4.69, 9.17) is 10.5 Å². The van der Waals surface area contributed by atoms with Gasteiger partial charge in [-0.15, -0.1) is 0 Å². The van der Waals surface area contributed by atoms with Crippen molar-refractivity contribution in [3.05, 3.63) is 48.4 Å². The number of anilines is 1. The Labute approximate surface area is 110 Å². The average Bonchev–Trinajstić information content (AvgIpc) is 2.85. The van der Waals surface area contributed by atoms with Gasteiger partial charge in [-0.05, 0) is 42.3 Å². The van der Waals surface area contributed by atoms with E-state index in [-0.39, 0.29) is 0 Å². The minimum absolute atomic E-state index is 0.557. The van der Waals surface area contributed by atoms with Crippen LogP contribution < -0.4 is 10.5 Å². The Bertz CT molecular complexity index is 703.